The highest BCUT2D eigenvalue weighted by atomic mass is 16.5. The van der Waals surface area contributed by atoms with E-state index in [-0.39, 0.29) is 0 Å². The first kappa shape index (κ1) is 15.4. The van der Waals surface area contributed by atoms with E-state index in [1.165, 1.54) is 5.56 Å². The molecule has 0 aliphatic rings. The molecule has 0 spiro atoms. The highest BCUT2D eigenvalue weighted by molar-refractivity contribution is 6.01. The number of fused-ring (bicyclic) bond motifs is 1. The van der Waals surface area contributed by atoms with E-state index in [0.29, 0.717) is 0 Å². The molecule has 0 unspecified atom stereocenters. The number of rotatable bonds is 3. The lowest BCUT2D eigenvalue weighted by atomic mass is 9.97. The molecule has 1 heterocycles. The van der Waals surface area contributed by atoms with E-state index in [9.17, 15) is 0 Å². The van der Waals surface area contributed by atoms with E-state index in [0.717, 1.165) is 39.0 Å². The van der Waals surface area contributed by atoms with Gasteiger partial charge in [-0.05, 0) is 29.8 Å². The second kappa shape index (κ2) is 6.06. The van der Waals surface area contributed by atoms with Crippen LogP contribution in [0.25, 0.3) is 33.3 Å². The second-order valence-corrected chi connectivity index (χ2v) is 6.14. The Morgan fingerprint density at radius 2 is 1.80 bits per heavy atom. The summed E-state index contributed by atoms with van der Waals surface area (Å²) in [6, 6.07) is 20.7. The molecule has 0 atom stereocenters. The zero-order chi connectivity index (χ0) is 17.4. The first-order chi connectivity index (χ1) is 12.2. The molecule has 4 heteroatoms. The number of aryl methyl sites for hydroxylation is 2. The van der Waals surface area contributed by atoms with E-state index < -0.39 is 0 Å². The van der Waals surface area contributed by atoms with Crippen molar-refractivity contribution >= 4 is 10.8 Å². The zero-order valence-corrected chi connectivity index (χ0v) is 14.5. The average molecular weight is 329 g/mol. The van der Waals surface area contributed by atoms with Crippen LogP contribution in [-0.2, 0) is 7.05 Å². The monoisotopic (exact) mass is 329 g/mol. The van der Waals surface area contributed by atoms with Crippen LogP contribution in [0.2, 0.25) is 0 Å². The molecule has 25 heavy (non-hydrogen) atoms. The van der Waals surface area contributed by atoms with Crippen LogP contribution in [0.3, 0.4) is 0 Å². The molecule has 0 bridgehead atoms. The lowest BCUT2D eigenvalue weighted by molar-refractivity contribution is 0.416. The summed E-state index contributed by atoms with van der Waals surface area (Å²) in [6.45, 7) is 2.08. The molecule has 3 aromatic carbocycles. The summed E-state index contributed by atoms with van der Waals surface area (Å²) in [5.74, 6) is 0.818. The topological polar surface area (TPSA) is 39.9 Å². The summed E-state index contributed by atoms with van der Waals surface area (Å²) in [5, 5.41) is 11.0. The Bertz CT molecular complexity index is 1070. The van der Waals surface area contributed by atoms with Crippen LogP contribution in [0.15, 0.2) is 60.7 Å². The summed E-state index contributed by atoms with van der Waals surface area (Å²) >= 11 is 0. The maximum atomic E-state index is 5.68. The van der Waals surface area contributed by atoms with Crippen LogP contribution >= 0.6 is 0 Å². The third-order valence-corrected chi connectivity index (χ3v) is 4.47. The Morgan fingerprint density at radius 1 is 0.960 bits per heavy atom. The molecule has 0 saturated carbocycles. The Hall–Kier alpha value is -3.14. The number of ether oxygens (including phenoxy) is 1. The van der Waals surface area contributed by atoms with Gasteiger partial charge in [-0.15, -0.1) is 5.10 Å². The predicted molar refractivity (Wildman–Crippen MR) is 101 cm³/mol. The molecule has 0 N–H and O–H groups in total. The van der Waals surface area contributed by atoms with Crippen molar-refractivity contribution in [1.82, 2.24) is 15.0 Å². The minimum atomic E-state index is 0.818. The van der Waals surface area contributed by atoms with Gasteiger partial charge in [0.1, 0.15) is 17.1 Å². The van der Waals surface area contributed by atoms with Crippen molar-refractivity contribution < 1.29 is 4.74 Å². The maximum absolute atomic E-state index is 5.68. The number of aromatic nitrogens is 3. The molecular weight excluding hydrogens is 310 g/mol. The fourth-order valence-electron chi connectivity index (χ4n) is 3.29. The van der Waals surface area contributed by atoms with Gasteiger partial charge >= 0.3 is 0 Å². The van der Waals surface area contributed by atoms with Crippen molar-refractivity contribution in [2.24, 2.45) is 7.05 Å². The molecule has 124 valence electrons. The van der Waals surface area contributed by atoms with Crippen molar-refractivity contribution in [3.05, 3.63) is 66.2 Å². The van der Waals surface area contributed by atoms with Gasteiger partial charge in [0.15, 0.2) is 0 Å². The highest BCUT2D eigenvalue weighted by Crippen LogP contribution is 2.40. The lowest BCUT2D eigenvalue weighted by Gasteiger charge is -2.13. The highest BCUT2D eigenvalue weighted by Gasteiger charge is 2.20. The van der Waals surface area contributed by atoms with E-state index in [4.69, 9.17) is 4.74 Å². The molecule has 0 aliphatic carbocycles. The first-order valence-corrected chi connectivity index (χ1v) is 8.22. The van der Waals surface area contributed by atoms with Crippen LogP contribution in [0.5, 0.6) is 5.75 Å². The Morgan fingerprint density at radius 3 is 2.60 bits per heavy atom. The molecule has 4 aromatic rings. The van der Waals surface area contributed by atoms with Gasteiger partial charge in [-0.3, -0.25) is 0 Å². The van der Waals surface area contributed by atoms with Crippen molar-refractivity contribution in [3.63, 3.8) is 0 Å². The second-order valence-electron chi connectivity index (χ2n) is 6.14. The van der Waals surface area contributed by atoms with Crippen molar-refractivity contribution in [2.45, 2.75) is 6.92 Å². The van der Waals surface area contributed by atoms with E-state index >= 15 is 0 Å². The number of hydrogen-bond donors (Lipinski definition) is 0. The number of benzene rings is 3. The molecule has 0 radical (unpaired) electrons. The SMILES string of the molecule is COc1ccc2ccccc2c1-c1c(-c2cccc(C)c2)nnn1C. The molecule has 4 rings (SSSR count). The van der Waals surface area contributed by atoms with Crippen LogP contribution in [0.1, 0.15) is 5.56 Å². The largest absolute Gasteiger partial charge is 0.496 e. The molecule has 0 fully saturated rings. The average Bonchev–Trinajstić information content (AvgIpc) is 3.02. The molecule has 0 amide bonds. The van der Waals surface area contributed by atoms with Gasteiger partial charge in [0, 0.05) is 12.6 Å². The van der Waals surface area contributed by atoms with E-state index in [1.807, 2.05) is 36.0 Å². The third kappa shape index (κ3) is 2.56. The fraction of sp³-hybridized carbons (Fsp3) is 0.143. The minimum Gasteiger partial charge on any atom is -0.496 e. The maximum Gasteiger partial charge on any atom is 0.128 e. The normalized spacial score (nSPS) is 11.0. The fourth-order valence-corrected chi connectivity index (χ4v) is 3.29. The predicted octanol–water partition coefficient (Wildman–Crippen LogP) is 4.62. The number of hydrogen-bond acceptors (Lipinski definition) is 3. The quantitative estimate of drug-likeness (QED) is 0.550. The Balaban J connectivity index is 2.07. The smallest absolute Gasteiger partial charge is 0.128 e. The zero-order valence-electron chi connectivity index (χ0n) is 14.5. The summed E-state index contributed by atoms with van der Waals surface area (Å²) in [4.78, 5) is 0. The summed E-state index contributed by atoms with van der Waals surface area (Å²) in [6.07, 6.45) is 0. The van der Waals surface area contributed by atoms with Crippen molar-refractivity contribution in [1.29, 1.82) is 0 Å². The van der Waals surface area contributed by atoms with Gasteiger partial charge in [0.25, 0.3) is 0 Å². The van der Waals surface area contributed by atoms with Crippen LogP contribution in [-0.4, -0.2) is 22.1 Å². The third-order valence-electron chi connectivity index (χ3n) is 4.47. The first-order valence-electron chi connectivity index (χ1n) is 8.22. The van der Waals surface area contributed by atoms with Gasteiger partial charge < -0.3 is 4.74 Å². The summed E-state index contributed by atoms with van der Waals surface area (Å²) < 4.78 is 7.50. The van der Waals surface area contributed by atoms with Crippen LogP contribution in [0, 0.1) is 6.92 Å². The summed E-state index contributed by atoms with van der Waals surface area (Å²) in [7, 11) is 3.62. The van der Waals surface area contributed by atoms with Gasteiger partial charge in [-0.1, -0.05) is 59.3 Å². The van der Waals surface area contributed by atoms with E-state index in [2.05, 4.69) is 53.6 Å². The summed E-state index contributed by atoms with van der Waals surface area (Å²) in [5.41, 5.74) is 5.08. The van der Waals surface area contributed by atoms with Gasteiger partial charge in [-0.25, -0.2) is 4.68 Å². The van der Waals surface area contributed by atoms with Crippen LogP contribution in [0.4, 0.5) is 0 Å². The molecule has 4 nitrogen and oxygen atoms in total. The number of nitrogens with zero attached hydrogens (tertiary/aromatic N) is 3. The van der Waals surface area contributed by atoms with Crippen LogP contribution < -0.4 is 4.74 Å². The molecule has 0 aliphatic heterocycles. The van der Waals surface area contributed by atoms with Gasteiger partial charge in [0.05, 0.1) is 12.7 Å². The molecular formula is C21H19N3O. The lowest BCUT2D eigenvalue weighted by Crippen LogP contribution is -1.98. The van der Waals surface area contributed by atoms with Gasteiger partial charge in [-0.2, -0.15) is 0 Å². The Kier molecular flexibility index (Phi) is 3.73. The Labute approximate surface area is 146 Å². The van der Waals surface area contributed by atoms with Crippen molar-refractivity contribution in [3.8, 4) is 28.3 Å². The minimum absolute atomic E-state index is 0.818. The van der Waals surface area contributed by atoms with Gasteiger partial charge in [0.2, 0.25) is 0 Å². The molecule has 0 saturated heterocycles. The molecule has 1 aromatic heterocycles. The number of methoxy groups -OCH3 is 1. The van der Waals surface area contributed by atoms with Crippen molar-refractivity contribution in [2.75, 3.05) is 7.11 Å². The standard InChI is InChI=1S/C21H19N3O/c1-14-7-6-9-16(13-14)20-21(24(2)23-22-20)19-17-10-5-4-8-15(17)11-12-18(19)25-3/h4-13H,1-3H3. The van der Waals surface area contributed by atoms with E-state index in [1.54, 1.807) is 7.11 Å².